The molecule has 0 atom stereocenters. The number of unbranched alkanes of at least 4 members (excludes halogenated alkanes) is 1. The maximum atomic E-state index is 4.46. The van der Waals surface area contributed by atoms with Crippen LogP contribution in [0.25, 0.3) is 0 Å². The molecule has 1 aromatic heterocycles. The van der Waals surface area contributed by atoms with Crippen LogP contribution >= 0.6 is 0 Å². The third kappa shape index (κ3) is 4.74. The number of anilines is 3. The van der Waals surface area contributed by atoms with E-state index in [0.717, 1.165) is 24.5 Å². The SMILES string of the molecule is CCCCNc1ccnc(Nc2ccc(C(C)C)cc2)n1. The normalized spacial score (nSPS) is 10.7. The lowest BCUT2D eigenvalue weighted by molar-refractivity contribution is 0.830. The molecule has 1 heterocycles. The summed E-state index contributed by atoms with van der Waals surface area (Å²) in [6.07, 6.45) is 4.08. The predicted molar refractivity (Wildman–Crippen MR) is 89.2 cm³/mol. The second-order valence-corrected chi connectivity index (χ2v) is 5.45. The molecule has 0 bridgehead atoms. The molecule has 2 N–H and O–H groups in total. The molecule has 0 aliphatic carbocycles. The minimum Gasteiger partial charge on any atom is -0.370 e. The Balaban J connectivity index is 2.00. The van der Waals surface area contributed by atoms with Crippen molar-refractivity contribution in [1.29, 1.82) is 0 Å². The van der Waals surface area contributed by atoms with Crippen LogP contribution in [0.1, 0.15) is 45.1 Å². The molecule has 0 fully saturated rings. The first kappa shape index (κ1) is 15.3. The van der Waals surface area contributed by atoms with Gasteiger partial charge in [0.05, 0.1) is 0 Å². The van der Waals surface area contributed by atoms with E-state index in [9.17, 15) is 0 Å². The van der Waals surface area contributed by atoms with Crippen LogP contribution in [-0.2, 0) is 0 Å². The van der Waals surface area contributed by atoms with Gasteiger partial charge in [-0.15, -0.1) is 0 Å². The number of aromatic nitrogens is 2. The Bertz CT molecular complexity index is 549. The summed E-state index contributed by atoms with van der Waals surface area (Å²) in [7, 11) is 0. The summed E-state index contributed by atoms with van der Waals surface area (Å²) in [6, 6.07) is 10.3. The molecule has 112 valence electrons. The lowest BCUT2D eigenvalue weighted by atomic mass is 10.0. The molecule has 4 nitrogen and oxygen atoms in total. The minimum atomic E-state index is 0.543. The molecule has 4 heteroatoms. The molecule has 0 spiro atoms. The highest BCUT2D eigenvalue weighted by Crippen LogP contribution is 2.19. The maximum Gasteiger partial charge on any atom is 0.229 e. The highest BCUT2D eigenvalue weighted by molar-refractivity contribution is 5.55. The first-order valence-corrected chi connectivity index (χ1v) is 7.63. The van der Waals surface area contributed by atoms with Gasteiger partial charge in [0.15, 0.2) is 0 Å². The van der Waals surface area contributed by atoms with Crippen molar-refractivity contribution in [3.63, 3.8) is 0 Å². The fourth-order valence-electron chi connectivity index (χ4n) is 1.99. The van der Waals surface area contributed by atoms with E-state index in [1.165, 1.54) is 12.0 Å². The third-order valence-electron chi connectivity index (χ3n) is 3.33. The predicted octanol–water partition coefficient (Wildman–Crippen LogP) is 4.56. The van der Waals surface area contributed by atoms with Crippen LogP contribution < -0.4 is 10.6 Å². The van der Waals surface area contributed by atoms with Crippen LogP contribution in [0.3, 0.4) is 0 Å². The van der Waals surface area contributed by atoms with E-state index in [1.807, 2.05) is 6.07 Å². The fourth-order valence-corrected chi connectivity index (χ4v) is 1.99. The summed E-state index contributed by atoms with van der Waals surface area (Å²) in [5.41, 5.74) is 2.33. The molecule has 0 saturated carbocycles. The van der Waals surface area contributed by atoms with Crippen molar-refractivity contribution in [2.45, 2.75) is 39.5 Å². The fraction of sp³-hybridized carbons (Fsp3) is 0.412. The molecule has 21 heavy (non-hydrogen) atoms. The van der Waals surface area contributed by atoms with Crippen LogP contribution in [0.5, 0.6) is 0 Å². The Morgan fingerprint density at radius 3 is 2.52 bits per heavy atom. The second kappa shape index (κ2) is 7.62. The quantitative estimate of drug-likeness (QED) is 0.732. The Kier molecular flexibility index (Phi) is 5.55. The summed E-state index contributed by atoms with van der Waals surface area (Å²) in [4.78, 5) is 8.72. The van der Waals surface area contributed by atoms with Crippen LogP contribution in [0.4, 0.5) is 17.5 Å². The molecule has 0 saturated heterocycles. The van der Waals surface area contributed by atoms with E-state index in [4.69, 9.17) is 0 Å². The zero-order chi connectivity index (χ0) is 15.1. The molecule has 0 unspecified atom stereocenters. The molecular formula is C17H24N4. The zero-order valence-corrected chi connectivity index (χ0v) is 13.1. The van der Waals surface area contributed by atoms with E-state index in [-0.39, 0.29) is 0 Å². The maximum absolute atomic E-state index is 4.46. The Labute approximate surface area is 127 Å². The van der Waals surface area contributed by atoms with Gasteiger partial charge < -0.3 is 10.6 Å². The highest BCUT2D eigenvalue weighted by Gasteiger charge is 2.02. The van der Waals surface area contributed by atoms with Gasteiger partial charge in [0.2, 0.25) is 5.95 Å². The van der Waals surface area contributed by atoms with Gasteiger partial charge in [0, 0.05) is 18.4 Å². The Morgan fingerprint density at radius 1 is 1.10 bits per heavy atom. The average molecular weight is 284 g/mol. The van der Waals surface area contributed by atoms with Gasteiger partial charge in [-0.1, -0.05) is 39.3 Å². The topological polar surface area (TPSA) is 49.8 Å². The number of rotatable bonds is 7. The number of nitrogens with zero attached hydrogens (tertiary/aromatic N) is 2. The molecular weight excluding hydrogens is 260 g/mol. The number of hydrogen-bond acceptors (Lipinski definition) is 4. The van der Waals surface area contributed by atoms with Crippen LogP contribution in [-0.4, -0.2) is 16.5 Å². The minimum absolute atomic E-state index is 0.543. The van der Waals surface area contributed by atoms with Crippen LogP contribution in [0, 0.1) is 0 Å². The molecule has 0 amide bonds. The van der Waals surface area contributed by atoms with Gasteiger partial charge in [0.1, 0.15) is 5.82 Å². The zero-order valence-electron chi connectivity index (χ0n) is 13.1. The monoisotopic (exact) mass is 284 g/mol. The van der Waals surface area contributed by atoms with Crippen molar-refractivity contribution >= 4 is 17.5 Å². The molecule has 0 radical (unpaired) electrons. The number of nitrogens with one attached hydrogen (secondary N) is 2. The van der Waals surface area contributed by atoms with Gasteiger partial charge in [-0.05, 0) is 36.1 Å². The van der Waals surface area contributed by atoms with E-state index in [2.05, 4.69) is 65.6 Å². The molecule has 0 aliphatic rings. The van der Waals surface area contributed by atoms with Crippen molar-refractivity contribution in [3.8, 4) is 0 Å². The van der Waals surface area contributed by atoms with Gasteiger partial charge >= 0.3 is 0 Å². The summed E-state index contributed by atoms with van der Waals surface area (Å²) in [5.74, 6) is 2.02. The van der Waals surface area contributed by atoms with E-state index < -0.39 is 0 Å². The van der Waals surface area contributed by atoms with Crippen molar-refractivity contribution in [1.82, 2.24) is 9.97 Å². The smallest absolute Gasteiger partial charge is 0.229 e. The van der Waals surface area contributed by atoms with Crippen LogP contribution in [0.15, 0.2) is 36.5 Å². The summed E-state index contributed by atoms with van der Waals surface area (Å²) in [6.45, 7) is 7.50. The first-order valence-electron chi connectivity index (χ1n) is 7.63. The molecule has 1 aromatic carbocycles. The molecule has 0 aliphatic heterocycles. The average Bonchev–Trinajstić information content (AvgIpc) is 2.48. The highest BCUT2D eigenvalue weighted by atomic mass is 15.1. The third-order valence-corrected chi connectivity index (χ3v) is 3.33. The van der Waals surface area contributed by atoms with Gasteiger partial charge in [-0.2, -0.15) is 4.98 Å². The van der Waals surface area contributed by atoms with Crippen molar-refractivity contribution < 1.29 is 0 Å². The largest absolute Gasteiger partial charge is 0.370 e. The lowest BCUT2D eigenvalue weighted by Gasteiger charge is -2.09. The standard InChI is InChI=1S/C17H24N4/c1-4-5-11-18-16-10-12-19-17(21-16)20-15-8-6-14(7-9-15)13(2)3/h6-10,12-13H,4-5,11H2,1-3H3,(H2,18,19,20,21). The number of benzene rings is 1. The number of hydrogen-bond donors (Lipinski definition) is 2. The van der Waals surface area contributed by atoms with Gasteiger partial charge in [-0.3, -0.25) is 0 Å². The van der Waals surface area contributed by atoms with Crippen molar-refractivity contribution in [2.24, 2.45) is 0 Å². The van der Waals surface area contributed by atoms with Crippen molar-refractivity contribution in [3.05, 3.63) is 42.1 Å². The van der Waals surface area contributed by atoms with E-state index in [1.54, 1.807) is 6.20 Å². The van der Waals surface area contributed by atoms with E-state index in [0.29, 0.717) is 11.9 Å². The first-order chi connectivity index (χ1) is 10.2. The van der Waals surface area contributed by atoms with E-state index >= 15 is 0 Å². The lowest BCUT2D eigenvalue weighted by Crippen LogP contribution is -2.05. The van der Waals surface area contributed by atoms with Gasteiger partial charge in [-0.25, -0.2) is 4.98 Å². The Hall–Kier alpha value is -2.10. The second-order valence-electron chi connectivity index (χ2n) is 5.45. The summed E-state index contributed by atoms with van der Waals surface area (Å²) < 4.78 is 0. The Morgan fingerprint density at radius 2 is 1.86 bits per heavy atom. The van der Waals surface area contributed by atoms with Crippen molar-refractivity contribution in [2.75, 3.05) is 17.2 Å². The summed E-state index contributed by atoms with van der Waals surface area (Å²) in [5, 5.41) is 6.54. The van der Waals surface area contributed by atoms with Crippen LogP contribution in [0.2, 0.25) is 0 Å². The van der Waals surface area contributed by atoms with Gasteiger partial charge in [0.25, 0.3) is 0 Å². The molecule has 2 rings (SSSR count). The molecule has 2 aromatic rings. The summed E-state index contributed by atoms with van der Waals surface area (Å²) >= 11 is 0.